The first-order chi connectivity index (χ1) is 10.7. The van der Waals surface area contributed by atoms with Gasteiger partial charge in [-0.1, -0.05) is 18.2 Å². The predicted octanol–water partition coefficient (Wildman–Crippen LogP) is 2.22. The molecule has 1 amide bonds. The summed E-state index contributed by atoms with van der Waals surface area (Å²) in [5, 5.41) is 0. The topological polar surface area (TPSA) is 36.4 Å². The highest BCUT2D eigenvalue weighted by Gasteiger charge is 2.22. The van der Waals surface area contributed by atoms with E-state index < -0.39 is 0 Å². The summed E-state index contributed by atoms with van der Waals surface area (Å²) < 4.78 is 0. The summed E-state index contributed by atoms with van der Waals surface area (Å²) in [4.78, 5) is 21.1. The van der Waals surface area contributed by atoms with Crippen LogP contribution in [0.4, 0.5) is 0 Å². The molecule has 3 rings (SSSR count). The lowest BCUT2D eigenvalue weighted by Gasteiger charge is -2.34. The summed E-state index contributed by atoms with van der Waals surface area (Å²) in [6.45, 7) is 7.98. The van der Waals surface area contributed by atoms with Crippen molar-refractivity contribution in [1.29, 1.82) is 0 Å². The van der Waals surface area contributed by atoms with Gasteiger partial charge in [-0.3, -0.25) is 14.7 Å². The quantitative estimate of drug-likeness (QED) is 0.871. The third-order valence-corrected chi connectivity index (χ3v) is 3.97. The predicted molar refractivity (Wildman–Crippen MR) is 86.3 cm³/mol. The van der Waals surface area contributed by atoms with Gasteiger partial charge in [0, 0.05) is 44.5 Å². The van der Waals surface area contributed by atoms with Gasteiger partial charge in [0.15, 0.2) is 0 Å². The number of aromatic nitrogens is 1. The van der Waals surface area contributed by atoms with Gasteiger partial charge in [-0.15, -0.1) is 0 Å². The van der Waals surface area contributed by atoms with Crippen molar-refractivity contribution in [2.24, 2.45) is 0 Å². The fourth-order valence-corrected chi connectivity index (χ4v) is 2.66. The van der Waals surface area contributed by atoms with Crippen molar-refractivity contribution in [3.8, 4) is 0 Å². The van der Waals surface area contributed by atoms with Gasteiger partial charge in [0.2, 0.25) is 0 Å². The van der Waals surface area contributed by atoms with E-state index in [0.717, 1.165) is 49.5 Å². The Morgan fingerprint density at radius 2 is 1.77 bits per heavy atom. The Labute approximate surface area is 131 Å². The Morgan fingerprint density at radius 3 is 2.41 bits per heavy atom. The summed E-state index contributed by atoms with van der Waals surface area (Å²) in [5.74, 6) is 0.109. The molecule has 2 aromatic rings. The van der Waals surface area contributed by atoms with Crippen LogP contribution in [0.25, 0.3) is 0 Å². The zero-order chi connectivity index (χ0) is 15.4. The Kier molecular flexibility index (Phi) is 4.49. The van der Waals surface area contributed by atoms with Crippen molar-refractivity contribution < 1.29 is 4.79 Å². The molecule has 1 aromatic carbocycles. The van der Waals surface area contributed by atoms with Crippen molar-refractivity contribution in [1.82, 2.24) is 14.8 Å². The van der Waals surface area contributed by atoms with Crippen LogP contribution in [-0.2, 0) is 6.54 Å². The monoisotopic (exact) mass is 294 g/mol. The molecule has 4 nitrogen and oxygen atoms in total. The van der Waals surface area contributed by atoms with Crippen LogP contribution >= 0.6 is 0 Å². The molecule has 0 saturated carbocycles. The first-order valence-corrected chi connectivity index (χ1v) is 7.56. The van der Waals surface area contributed by atoms with E-state index in [1.54, 1.807) is 0 Å². The van der Waals surface area contributed by atoms with E-state index in [4.69, 9.17) is 0 Å². The number of nitrogens with zero attached hydrogens (tertiary/aromatic N) is 3. The summed E-state index contributed by atoms with van der Waals surface area (Å²) in [5.41, 5.74) is 2.75. The second kappa shape index (κ2) is 6.71. The Morgan fingerprint density at radius 1 is 1.05 bits per heavy atom. The third-order valence-electron chi connectivity index (χ3n) is 3.97. The first kappa shape index (κ1) is 14.7. The molecule has 1 aromatic heterocycles. The van der Waals surface area contributed by atoms with Crippen LogP contribution in [0.15, 0.2) is 48.7 Å². The largest absolute Gasteiger partial charge is 0.336 e. The first-order valence-electron chi connectivity index (χ1n) is 7.56. The SMILES string of the molecule is [CH2]c1ccc(C(=O)N2CCN(Cc3ccccn3)CC2)cc1. The molecule has 0 spiro atoms. The zero-order valence-corrected chi connectivity index (χ0v) is 12.6. The third kappa shape index (κ3) is 3.52. The number of piperazine rings is 1. The maximum atomic E-state index is 12.5. The molecule has 0 N–H and O–H groups in total. The van der Waals surface area contributed by atoms with Gasteiger partial charge in [-0.2, -0.15) is 0 Å². The summed E-state index contributed by atoms with van der Waals surface area (Å²) in [6.07, 6.45) is 1.82. The minimum absolute atomic E-state index is 0.109. The molecule has 4 heteroatoms. The maximum Gasteiger partial charge on any atom is 0.253 e. The number of amides is 1. The highest BCUT2D eigenvalue weighted by atomic mass is 16.2. The average Bonchev–Trinajstić information content (AvgIpc) is 2.57. The van der Waals surface area contributed by atoms with Crippen LogP contribution in [0.1, 0.15) is 21.6 Å². The number of benzene rings is 1. The summed E-state index contributed by atoms with van der Waals surface area (Å²) in [7, 11) is 0. The molecule has 1 radical (unpaired) electrons. The van der Waals surface area contributed by atoms with Crippen molar-refractivity contribution in [2.45, 2.75) is 6.54 Å². The normalized spacial score (nSPS) is 15.8. The minimum Gasteiger partial charge on any atom is -0.336 e. The van der Waals surface area contributed by atoms with Crippen LogP contribution in [-0.4, -0.2) is 46.9 Å². The fourth-order valence-electron chi connectivity index (χ4n) is 2.66. The van der Waals surface area contributed by atoms with Gasteiger partial charge >= 0.3 is 0 Å². The molecule has 0 unspecified atom stereocenters. The Balaban J connectivity index is 1.55. The fraction of sp³-hybridized carbons (Fsp3) is 0.278. The number of hydrogen-bond acceptors (Lipinski definition) is 3. The Bertz CT molecular complexity index is 617. The lowest BCUT2D eigenvalue weighted by atomic mass is 10.1. The number of carbonyl (C=O) groups is 1. The average molecular weight is 294 g/mol. The highest BCUT2D eigenvalue weighted by Crippen LogP contribution is 2.11. The van der Waals surface area contributed by atoms with E-state index in [1.165, 1.54) is 0 Å². The molecule has 1 fully saturated rings. The lowest BCUT2D eigenvalue weighted by Crippen LogP contribution is -2.48. The van der Waals surface area contributed by atoms with Crippen LogP contribution in [0.2, 0.25) is 0 Å². The van der Waals surface area contributed by atoms with Gasteiger partial charge in [-0.05, 0) is 36.8 Å². The van der Waals surface area contributed by atoms with Crippen molar-refractivity contribution in [2.75, 3.05) is 26.2 Å². The van der Waals surface area contributed by atoms with Gasteiger partial charge in [-0.25, -0.2) is 0 Å². The van der Waals surface area contributed by atoms with E-state index in [-0.39, 0.29) is 5.91 Å². The second-order valence-corrected chi connectivity index (χ2v) is 5.59. The number of hydrogen-bond donors (Lipinski definition) is 0. The van der Waals surface area contributed by atoms with Crippen molar-refractivity contribution in [3.05, 3.63) is 72.4 Å². The van der Waals surface area contributed by atoms with Crippen LogP contribution < -0.4 is 0 Å². The molecule has 1 aliphatic rings. The van der Waals surface area contributed by atoms with Crippen LogP contribution in [0, 0.1) is 6.92 Å². The molecule has 0 atom stereocenters. The number of carbonyl (C=O) groups excluding carboxylic acids is 1. The standard InChI is InChI=1S/C18H20N3O/c1-15-5-7-16(8-6-15)18(22)21-12-10-20(11-13-21)14-17-4-2-3-9-19-17/h2-9H,1,10-14H2. The van der Waals surface area contributed by atoms with E-state index >= 15 is 0 Å². The van der Waals surface area contributed by atoms with E-state index in [0.29, 0.717) is 0 Å². The number of pyridine rings is 1. The van der Waals surface area contributed by atoms with Crippen molar-refractivity contribution in [3.63, 3.8) is 0 Å². The smallest absolute Gasteiger partial charge is 0.253 e. The zero-order valence-electron chi connectivity index (χ0n) is 12.6. The molecule has 0 aliphatic carbocycles. The van der Waals surface area contributed by atoms with Crippen molar-refractivity contribution >= 4 is 5.91 Å². The molecule has 2 heterocycles. The molecule has 1 saturated heterocycles. The molecule has 113 valence electrons. The minimum atomic E-state index is 0.109. The lowest BCUT2D eigenvalue weighted by molar-refractivity contribution is 0.0627. The van der Waals surface area contributed by atoms with Gasteiger partial charge in [0.25, 0.3) is 5.91 Å². The summed E-state index contributed by atoms with van der Waals surface area (Å²) in [6, 6.07) is 13.4. The second-order valence-electron chi connectivity index (χ2n) is 5.59. The molecule has 22 heavy (non-hydrogen) atoms. The molecule has 1 aliphatic heterocycles. The van der Waals surface area contributed by atoms with Gasteiger partial charge in [0.1, 0.15) is 0 Å². The molecular formula is C18H20N3O. The maximum absolute atomic E-state index is 12.5. The van der Waals surface area contributed by atoms with Gasteiger partial charge < -0.3 is 4.90 Å². The van der Waals surface area contributed by atoms with Gasteiger partial charge in [0.05, 0.1) is 5.69 Å². The van der Waals surface area contributed by atoms with E-state index in [1.807, 2.05) is 53.6 Å². The molecule has 0 bridgehead atoms. The van der Waals surface area contributed by atoms with Crippen LogP contribution in [0.3, 0.4) is 0 Å². The van der Waals surface area contributed by atoms with E-state index in [2.05, 4.69) is 16.8 Å². The van der Waals surface area contributed by atoms with E-state index in [9.17, 15) is 4.79 Å². The van der Waals surface area contributed by atoms with Crippen LogP contribution in [0.5, 0.6) is 0 Å². The Hall–Kier alpha value is -2.20. The summed E-state index contributed by atoms with van der Waals surface area (Å²) >= 11 is 0. The molecular weight excluding hydrogens is 274 g/mol. The number of rotatable bonds is 3. The highest BCUT2D eigenvalue weighted by molar-refractivity contribution is 5.94.